The number of aryl methyl sites for hydroxylation is 1. The minimum absolute atomic E-state index is 0.146. The van der Waals surface area contributed by atoms with Crippen molar-refractivity contribution in [3.63, 3.8) is 0 Å². The Morgan fingerprint density at radius 2 is 1.85 bits per heavy atom. The summed E-state index contributed by atoms with van der Waals surface area (Å²) >= 11 is 0. The summed E-state index contributed by atoms with van der Waals surface area (Å²) in [4.78, 5) is 39.7. The monoisotopic (exact) mass is 349 g/mol. The molecule has 1 N–H and O–H groups in total. The second-order valence-electron chi connectivity index (χ2n) is 6.63. The molecule has 6 heteroatoms. The van der Waals surface area contributed by atoms with Crippen LogP contribution < -0.4 is 10.2 Å². The van der Waals surface area contributed by atoms with E-state index >= 15 is 0 Å². The van der Waals surface area contributed by atoms with Gasteiger partial charge in [0.05, 0.1) is 17.7 Å². The van der Waals surface area contributed by atoms with Crippen LogP contribution >= 0.6 is 0 Å². The van der Waals surface area contributed by atoms with Crippen LogP contribution in [0.2, 0.25) is 0 Å². The first-order chi connectivity index (χ1) is 12.5. The van der Waals surface area contributed by atoms with Gasteiger partial charge in [0.25, 0.3) is 11.8 Å². The van der Waals surface area contributed by atoms with E-state index in [0.717, 1.165) is 30.0 Å². The van der Waals surface area contributed by atoms with Gasteiger partial charge in [-0.15, -0.1) is 0 Å². The molecule has 0 bridgehead atoms. The SMILES string of the molecule is CN1C(=O)c2ccc(NC(=O)CN3CCCc4ccccc43)cc2C1=O. The number of carbonyl (C=O) groups is 3. The van der Waals surface area contributed by atoms with Gasteiger partial charge in [-0.2, -0.15) is 0 Å². The van der Waals surface area contributed by atoms with E-state index in [-0.39, 0.29) is 24.3 Å². The van der Waals surface area contributed by atoms with Crippen molar-refractivity contribution in [2.24, 2.45) is 0 Å². The molecule has 4 rings (SSSR count). The molecule has 0 aromatic heterocycles. The van der Waals surface area contributed by atoms with Crippen molar-refractivity contribution in [2.75, 3.05) is 30.4 Å². The van der Waals surface area contributed by atoms with E-state index in [2.05, 4.69) is 16.3 Å². The molecule has 2 aromatic carbocycles. The molecule has 0 atom stereocenters. The molecule has 132 valence electrons. The van der Waals surface area contributed by atoms with Gasteiger partial charge in [-0.25, -0.2) is 0 Å². The number of nitrogens with zero attached hydrogens (tertiary/aromatic N) is 2. The third-order valence-electron chi connectivity index (χ3n) is 4.91. The molecule has 3 amide bonds. The van der Waals surface area contributed by atoms with Gasteiger partial charge >= 0.3 is 0 Å². The molecular weight excluding hydrogens is 330 g/mol. The van der Waals surface area contributed by atoms with Crippen molar-refractivity contribution in [1.82, 2.24) is 4.90 Å². The maximum Gasteiger partial charge on any atom is 0.261 e. The molecule has 0 saturated carbocycles. The summed E-state index contributed by atoms with van der Waals surface area (Å²) in [5.41, 5.74) is 3.59. The summed E-state index contributed by atoms with van der Waals surface area (Å²) in [5.74, 6) is -0.800. The van der Waals surface area contributed by atoms with Crippen molar-refractivity contribution in [2.45, 2.75) is 12.8 Å². The maximum absolute atomic E-state index is 12.5. The fraction of sp³-hybridized carbons (Fsp3) is 0.250. The number of hydrogen-bond acceptors (Lipinski definition) is 4. The van der Waals surface area contributed by atoms with Crippen molar-refractivity contribution >= 4 is 29.1 Å². The molecule has 6 nitrogen and oxygen atoms in total. The number of para-hydroxylation sites is 1. The number of imide groups is 1. The predicted molar refractivity (Wildman–Crippen MR) is 98.5 cm³/mol. The van der Waals surface area contributed by atoms with E-state index in [9.17, 15) is 14.4 Å². The van der Waals surface area contributed by atoms with E-state index in [1.807, 2.05) is 18.2 Å². The number of rotatable bonds is 3. The highest BCUT2D eigenvalue weighted by Crippen LogP contribution is 2.27. The van der Waals surface area contributed by atoms with Crippen molar-refractivity contribution < 1.29 is 14.4 Å². The highest BCUT2D eigenvalue weighted by atomic mass is 16.2. The molecule has 2 heterocycles. The van der Waals surface area contributed by atoms with E-state index < -0.39 is 0 Å². The summed E-state index contributed by atoms with van der Waals surface area (Å²) in [6.07, 6.45) is 2.05. The number of nitrogens with one attached hydrogen (secondary N) is 1. The predicted octanol–water partition coefficient (Wildman–Crippen LogP) is 2.30. The van der Waals surface area contributed by atoms with Gasteiger partial charge < -0.3 is 10.2 Å². The molecular formula is C20H19N3O3. The fourth-order valence-corrected chi connectivity index (χ4v) is 3.59. The molecule has 0 radical (unpaired) electrons. The van der Waals surface area contributed by atoms with E-state index in [1.165, 1.54) is 12.6 Å². The first kappa shape index (κ1) is 16.3. The van der Waals surface area contributed by atoms with Crippen LogP contribution in [0.15, 0.2) is 42.5 Å². The van der Waals surface area contributed by atoms with Gasteiger partial charge in [-0.05, 0) is 42.7 Å². The summed E-state index contributed by atoms with van der Waals surface area (Å²) in [7, 11) is 1.46. The number of carbonyl (C=O) groups excluding carboxylic acids is 3. The van der Waals surface area contributed by atoms with Gasteiger partial charge in [0, 0.05) is 25.0 Å². The Balaban J connectivity index is 1.49. The molecule has 26 heavy (non-hydrogen) atoms. The first-order valence-electron chi connectivity index (χ1n) is 8.64. The van der Waals surface area contributed by atoms with E-state index in [4.69, 9.17) is 0 Å². The van der Waals surface area contributed by atoms with Crippen LogP contribution in [0, 0.1) is 0 Å². The first-order valence-corrected chi connectivity index (χ1v) is 8.64. The quantitative estimate of drug-likeness (QED) is 0.864. The van der Waals surface area contributed by atoms with Crippen molar-refractivity contribution in [3.05, 3.63) is 59.2 Å². The van der Waals surface area contributed by atoms with Gasteiger partial charge in [0.2, 0.25) is 5.91 Å². The minimum atomic E-state index is -0.342. The molecule has 2 aliphatic rings. The van der Waals surface area contributed by atoms with Gasteiger partial charge in [-0.3, -0.25) is 19.3 Å². The van der Waals surface area contributed by atoms with Crippen molar-refractivity contribution in [3.8, 4) is 0 Å². The number of benzene rings is 2. The summed E-state index contributed by atoms with van der Waals surface area (Å²) in [6.45, 7) is 1.09. The molecule has 2 aromatic rings. The molecule has 2 aliphatic heterocycles. The van der Waals surface area contributed by atoms with Crippen LogP contribution in [-0.4, -0.2) is 42.8 Å². The summed E-state index contributed by atoms with van der Waals surface area (Å²) in [6, 6.07) is 12.9. The second-order valence-corrected chi connectivity index (χ2v) is 6.63. The van der Waals surface area contributed by atoms with Crippen LogP contribution in [0.25, 0.3) is 0 Å². The summed E-state index contributed by atoms with van der Waals surface area (Å²) in [5, 5.41) is 2.84. The average Bonchev–Trinajstić information content (AvgIpc) is 2.86. The van der Waals surface area contributed by atoms with Crippen LogP contribution in [0.1, 0.15) is 32.7 Å². The lowest BCUT2D eigenvalue weighted by molar-refractivity contribution is -0.115. The summed E-state index contributed by atoms with van der Waals surface area (Å²) < 4.78 is 0. The number of anilines is 2. The Labute approximate surface area is 151 Å². The van der Waals surface area contributed by atoms with E-state index in [0.29, 0.717) is 16.8 Å². The van der Waals surface area contributed by atoms with Gasteiger partial charge in [0.1, 0.15) is 0 Å². The van der Waals surface area contributed by atoms with Crippen LogP contribution in [0.3, 0.4) is 0 Å². The fourth-order valence-electron chi connectivity index (χ4n) is 3.59. The molecule has 0 saturated heterocycles. The standard InChI is InChI=1S/C20H19N3O3/c1-22-19(25)15-9-8-14(11-16(15)20(22)26)21-18(24)12-23-10-4-6-13-5-2-3-7-17(13)23/h2-3,5,7-9,11H,4,6,10,12H2,1H3,(H,21,24). The lowest BCUT2D eigenvalue weighted by atomic mass is 10.0. The zero-order valence-corrected chi connectivity index (χ0v) is 14.5. The zero-order valence-electron chi connectivity index (χ0n) is 14.5. The smallest absolute Gasteiger partial charge is 0.261 e. The number of amides is 3. The Bertz CT molecular complexity index is 922. The lowest BCUT2D eigenvalue weighted by Gasteiger charge is -2.30. The van der Waals surface area contributed by atoms with Crippen LogP contribution in [-0.2, 0) is 11.2 Å². The molecule has 0 unspecified atom stereocenters. The highest BCUT2D eigenvalue weighted by Gasteiger charge is 2.32. The van der Waals surface area contributed by atoms with Crippen LogP contribution in [0.5, 0.6) is 0 Å². The maximum atomic E-state index is 12.5. The Hall–Kier alpha value is -3.15. The normalized spacial score (nSPS) is 15.7. The third-order valence-corrected chi connectivity index (χ3v) is 4.91. The molecule has 0 aliphatic carbocycles. The number of fused-ring (bicyclic) bond motifs is 2. The zero-order chi connectivity index (χ0) is 18.3. The van der Waals surface area contributed by atoms with Crippen LogP contribution in [0.4, 0.5) is 11.4 Å². The Morgan fingerprint density at radius 3 is 2.69 bits per heavy atom. The second kappa shape index (κ2) is 6.29. The van der Waals surface area contributed by atoms with Gasteiger partial charge in [-0.1, -0.05) is 18.2 Å². The molecule has 0 fully saturated rings. The topological polar surface area (TPSA) is 69.7 Å². The highest BCUT2D eigenvalue weighted by molar-refractivity contribution is 6.21. The molecule has 0 spiro atoms. The average molecular weight is 349 g/mol. The minimum Gasteiger partial charge on any atom is -0.362 e. The van der Waals surface area contributed by atoms with E-state index in [1.54, 1.807) is 18.2 Å². The lowest BCUT2D eigenvalue weighted by Crippen LogP contribution is -2.36. The van der Waals surface area contributed by atoms with Gasteiger partial charge in [0.15, 0.2) is 0 Å². The Morgan fingerprint density at radius 1 is 1.08 bits per heavy atom. The van der Waals surface area contributed by atoms with Crippen molar-refractivity contribution in [1.29, 1.82) is 0 Å². The third kappa shape index (κ3) is 2.73. The Kier molecular flexibility index (Phi) is 3.95. The number of hydrogen-bond donors (Lipinski definition) is 1. The largest absolute Gasteiger partial charge is 0.362 e.